The molecule has 1 aromatic heterocycles. The van der Waals surface area contributed by atoms with Gasteiger partial charge in [-0.2, -0.15) is 0 Å². The number of nitrogens with zero attached hydrogens (tertiary/aromatic N) is 3. The van der Waals surface area contributed by atoms with Gasteiger partial charge in [0, 0.05) is 13.7 Å². The van der Waals surface area contributed by atoms with E-state index in [9.17, 15) is 0 Å². The van der Waals surface area contributed by atoms with Crippen molar-refractivity contribution in [2.24, 2.45) is 0 Å². The van der Waals surface area contributed by atoms with Gasteiger partial charge in [0.2, 0.25) is 0 Å². The molecule has 1 heterocycles. The van der Waals surface area contributed by atoms with Gasteiger partial charge in [-0.15, -0.1) is 5.10 Å². The molecule has 1 aromatic rings. The molecule has 0 aliphatic heterocycles. The van der Waals surface area contributed by atoms with Gasteiger partial charge in [0.25, 0.3) is 0 Å². The Balaban J connectivity index is 2.76. The second-order valence-electron chi connectivity index (χ2n) is 4.67. The molecule has 1 rings (SSSR count). The molecule has 0 saturated heterocycles. The minimum atomic E-state index is 0.226. The fraction of sp³-hybridized carbons (Fsp3) is 0.846. The first-order chi connectivity index (χ1) is 8.72. The summed E-state index contributed by atoms with van der Waals surface area (Å²) in [5.74, 6) is 0. The fourth-order valence-electron chi connectivity index (χ4n) is 1.98. The van der Waals surface area contributed by atoms with Crippen LogP contribution in [0.4, 0.5) is 0 Å². The first-order valence-corrected chi connectivity index (χ1v) is 6.87. The second-order valence-corrected chi connectivity index (χ2v) is 4.67. The van der Waals surface area contributed by atoms with Gasteiger partial charge in [0.1, 0.15) is 0 Å². The molecule has 0 aliphatic carbocycles. The molecule has 5 heteroatoms. The van der Waals surface area contributed by atoms with Crippen LogP contribution in [0.5, 0.6) is 0 Å². The van der Waals surface area contributed by atoms with E-state index in [0.29, 0.717) is 0 Å². The highest BCUT2D eigenvalue weighted by atomic mass is 16.5. The Morgan fingerprint density at radius 2 is 2.17 bits per heavy atom. The summed E-state index contributed by atoms with van der Waals surface area (Å²) in [5.41, 5.74) is 1.16. The molecule has 0 fully saturated rings. The number of hydrogen-bond acceptors (Lipinski definition) is 4. The Morgan fingerprint density at radius 1 is 1.39 bits per heavy atom. The van der Waals surface area contributed by atoms with Crippen molar-refractivity contribution in [1.29, 1.82) is 0 Å². The van der Waals surface area contributed by atoms with Gasteiger partial charge in [-0.1, -0.05) is 19.1 Å². The molecule has 0 aliphatic rings. The standard InChI is InChI=1S/C13H26N4O/c1-5-7-14-12(9-11(3)18-4)13-10-15-16-17(13)8-6-2/h10-12,14H,5-9H2,1-4H3. The maximum atomic E-state index is 5.37. The van der Waals surface area contributed by atoms with E-state index in [2.05, 4.69) is 36.4 Å². The number of rotatable bonds is 9. The molecule has 2 unspecified atom stereocenters. The summed E-state index contributed by atoms with van der Waals surface area (Å²) >= 11 is 0. The summed E-state index contributed by atoms with van der Waals surface area (Å²) in [6.45, 7) is 8.33. The fourth-order valence-corrected chi connectivity index (χ4v) is 1.98. The molecule has 0 amide bonds. The largest absolute Gasteiger partial charge is 0.382 e. The number of methoxy groups -OCH3 is 1. The molecule has 2 atom stereocenters. The highest BCUT2D eigenvalue weighted by Gasteiger charge is 2.18. The van der Waals surface area contributed by atoms with E-state index >= 15 is 0 Å². The van der Waals surface area contributed by atoms with E-state index in [-0.39, 0.29) is 12.1 Å². The van der Waals surface area contributed by atoms with E-state index in [0.717, 1.165) is 38.0 Å². The average molecular weight is 254 g/mol. The number of aryl methyl sites for hydroxylation is 1. The highest BCUT2D eigenvalue weighted by Crippen LogP contribution is 2.19. The van der Waals surface area contributed by atoms with Crippen LogP contribution in [-0.4, -0.2) is 34.8 Å². The Kier molecular flexibility index (Phi) is 6.90. The summed E-state index contributed by atoms with van der Waals surface area (Å²) in [5, 5.41) is 11.7. The number of hydrogen-bond donors (Lipinski definition) is 1. The topological polar surface area (TPSA) is 52.0 Å². The monoisotopic (exact) mass is 254 g/mol. The lowest BCUT2D eigenvalue weighted by molar-refractivity contribution is 0.0992. The van der Waals surface area contributed by atoms with Crippen LogP contribution in [0, 0.1) is 0 Å². The minimum Gasteiger partial charge on any atom is -0.382 e. The van der Waals surface area contributed by atoms with Crippen molar-refractivity contribution in [3.8, 4) is 0 Å². The molecule has 18 heavy (non-hydrogen) atoms. The minimum absolute atomic E-state index is 0.226. The van der Waals surface area contributed by atoms with Gasteiger partial charge < -0.3 is 10.1 Å². The van der Waals surface area contributed by atoms with Gasteiger partial charge in [0.05, 0.1) is 24.0 Å². The van der Waals surface area contributed by atoms with Crippen LogP contribution in [0.15, 0.2) is 6.20 Å². The van der Waals surface area contributed by atoms with E-state index < -0.39 is 0 Å². The number of nitrogens with one attached hydrogen (secondary N) is 1. The van der Waals surface area contributed by atoms with Gasteiger partial charge in [0.15, 0.2) is 0 Å². The van der Waals surface area contributed by atoms with Crippen molar-refractivity contribution in [2.45, 2.75) is 58.7 Å². The quantitative estimate of drug-likeness (QED) is 0.733. The van der Waals surface area contributed by atoms with Crippen molar-refractivity contribution >= 4 is 0 Å². The zero-order valence-corrected chi connectivity index (χ0v) is 12.0. The lowest BCUT2D eigenvalue weighted by Crippen LogP contribution is -2.28. The molecule has 0 spiro atoms. The van der Waals surface area contributed by atoms with Crippen LogP contribution in [0.25, 0.3) is 0 Å². The summed E-state index contributed by atoms with van der Waals surface area (Å²) in [4.78, 5) is 0. The number of ether oxygens (including phenoxy) is 1. The molecule has 0 bridgehead atoms. The number of aromatic nitrogens is 3. The summed E-state index contributed by atoms with van der Waals surface area (Å²) < 4.78 is 7.36. The van der Waals surface area contributed by atoms with Crippen molar-refractivity contribution in [3.63, 3.8) is 0 Å². The van der Waals surface area contributed by atoms with Crippen LogP contribution in [0.2, 0.25) is 0 Å². The van der Waals surface area contributed by atoms with Crippen LogP contribution in [-0.2, 0) is 11.3 Å². The molecule has 5 nitrogen and oxygen atoms in total. The Hall–Kier alpha value is -0.940. The molecule has 0 radical (unpaired) electrons. The predicted octanol–water partition coefficient (Wildman–Crippen LogP) is 2.15. The first-order valence-electron chi connectivity index (χ1n) is 6.87. The van der Waals surface area contributed by atoms with Crippen LogP contribution < -0.4 is 5.32 Å². The molecule has 0 saturated carbocycles. The van der Waals surface area contributed by atoms with Crippen molar-refractivity contribution in [3.05, 3.63) is 11.9 Å². The van der Waals surface area contributed by atoms with E-state index in [4.69, 9.17) is 4.74 Å². The van der Waals surface area contributed by atoms with Crippen molar-refractivity contribution in [2.75, 3.05) is 13.7 Å². The predicted molar refractivity (Wildman–Crippen MR) is 72.4 cm³/mol. The lowest BCUT2D eigenvalue weighted by Gasteiger charge is -2.22. The molecule has 0 aromatic carbocycles. The Bertz CT molecular complexity index is 327. The third-order valence-corrected chi connectivity index (χ3v) is 3.05. The Labute approximate surface area is 110 Å². The maximum Gasteiger partial charge on any atom is 0.0757 e. The summed E-state index contributed by atoms with van der Waals surface area (Å²) in [6, 6.07) is 0.265. The van der Waals surface area contributed by atoms with Gasteiger partial charge >= 0.3 is 0 Å². The smallest absolute Gasteiger partial charge is 0.0757 e. The molecular formula is C13H26N4O. The normalized spacial score (nSPS) is 14.7. The Morgan fingerprint density at radius 3 is 2.78 bits per heavy atom. The van der Waals surface area contributed by atoms with Gasteiger partial charge in [-0.25, -0.2) is 4.68 Å². The molecule has 104 valence electrons. The van der Waals surface area contributed by atoms with Gasteiger partial charge in [-0.05, 0) is 32.7 Å². The van der Waals surface area contributed by atoms with E-state index in [1.165, 1.54) is 0 Å². The van der Waals surface area contributed by atoms with E-state index in [1.807, 2.05) is 10.9 Å². The van der Waals surface area contributed by atoms with Gasteiger partial charge in [-0.3, -0.25) is 0 Å². The van der Waals surface area contributed by atoms with Crippen molar-refractivity contribution in [1.82, 2.24) is 20.3 Å². The first kappa shape index (κ1) is 15.1. The molecular weight excluding hydrogens is 228 g/mol. The summed E-state index contributed by atoms with van der Waals surface area (Å²) in [6.07, 6.45) is 5.22. The maximum absolute atomic E-state index is 5.37. The zero-order valence-electron chi connectivity index (χ0n) is 12.0. The van der Waals surface area contributed by atoms with Crippen LogP contribution >= 0.6 is 0 Å². The van der Waals surface area contributed by atoms with Crippen LogP contribution in [0.1, 0.15) is 51.8 Å². The summed E-state index contributed by atoms with van der Waals surface area (Å²) in [7, 11) is 1.75. The zero-order chi connectivity index (χ0) is 13.4. The SMILES string of the molecule is CCCNC(CC(C)OC)c1cnnn1CCC. The third kappa shape index (κ3) is 4.38. The third-order valence-electron chi connectivity index (χ3n) is 3.05. The lowest BCUT2D eigenvalue weighted by atomic mass is 10.1. The van der Waals surface area contributed by atoms with Crippen LogP contribution in [0.3, 0.4) is 0 Å². The highest BCUT2D eigenvalue weighted by molar-refractivity contribution is 5.02. The molecule has 1 N–H and O–H groups in total. The van der Waals surface area contributed by atoms with Crippen molar-refractivity contribution < 1.29 is 4.74 Å². The average Bonchev–Trinajstić information content (AvgIpc) is 2.82. The van der Waals surface area contributed by atoms with E-state index in [1.54, 1.807) is 7.11 Å². The second kappa shape index (κ2) is 8.21.